The number of benzene rings is 2. The quantitative estimate of drug-likeness (QED) is 0.419. The van der Waals surface area contributed by atoms with Gasteiger partial charge in [0, 0.05) is 6.07 Å². The normalized spacial score (nSPS) is 11.4. The molecule has 2 heterocycles. The van der Waals surface area contributed by atoms with Crippen molar-refractivity contribution in [1.29, 1.82) is 0 Å². The van der Waals surface area contributed by atoms with Crippen molar-refractivity contribution in [3.63, 3.8) is 0 Å². The standard InChI is InChI=1S/C19H14N4O6S2/c24-16-10-12(21-31(27,28)17-6-3-9-30-17)7-8-14(16)19(26)29-11-23-18(25)13-4-1-2-5-15(13)20-22-23/h1-10,21,24H,11H2. The molecule has 4 rings (SSSR count). The third-order valence-electron chi connectivity index (χ3n) is 4.18. The van der Waals surface area contributed by atoms with Crippen LogP contribution in [0.25, 0.3) is 10.9 Å². The lowest BCUT2D eigenvalue weighted by atomic mass is 10.2. The number of hydrogen-bond donors (Lipinski definition) is 2. The Morgan fingerprint density at radius 1 is 1.16 bits per heavy atom. The number of phenolic OH excluding ortho intramolecular Hbond substituents is 1. The number of aromatic nitrogens is 3. The summed E-state index contributed by atoms with van der Waals surface area (Å²) in [6.45, 7) is -0.512. The van der Waals surface area contributed by atoms with Crippen LogP contribution < -0.4 is 10.3 Å². The van der Waals surface area contributed by atoms with Crippen LogP contribution in [0.3, 0.4) is 0 Å². The Morgan fingerprint density at radius 3 is 2.71 bits per heavy atom. The van der Waals surface area contributed by atoms with Crippen LogP contribution in [0.15, 0.2) is 69.0 Å². The van der Waals surface area contributed by atoms with E-state index in [0.717, 1.165) is 22.1 Å². The molecular formula is C19H14N4O6S2. The summed E-state index contributed by atoms with van der Waals surface area (Å²) in [5.41, 5.74) is -0.214. The van der Waals surface area contributed by atoms with Gasteiger partial charge < -0.3 is 9.84 Å². The van der Waals surface area contributed by atoms with Gasteiger partial charge in [0.05, 0.1) is 11.1 Å². The number of anilines is 1. The molecule has 31 heavy (non-hydrogen) atoms. The van der Waals surface area contributed by atoms with Crippen molar-refractivity contribution < 1.29 is 23.1 Å². The summed E-state index contributed by atoms with van der Waals surface area (Å²) >= 11 is 1.04. The minimum absolute atomic E-state index is 0.0686. The Balaban J connectivity index is 1.48. The summed E-state index contributed by atoms with van der Waals surface area (Å²) in [6, 6.07) is 13.2. The van der Waals surface area contributed by atoms with Crippen LogP contribution in [0.5, 0.6) is 5.75 Å². The van der Waals surface area contributed by atoms with Crippen molar-refractivity contribution in [2.24, 2.45) is 0 Å². The Labute approximate surface area is 179 Å². The number of nitrogens with zero attached hydrogens (tertiary/aromatic N) is 3. The zero-order chi connectivity index (χ0) is 22.0. The molecule has 0 atom stereocenters. The van der Waals surface area contributed by atoms with Gasteiger partial charge in [-0.15, -0.1) is 16.4 Å². The lowest BCUT2D eigenvalue weighted by Crippen LogP contribution is -2.26. The highest BCUT2D eigenvalue weighted by Gasteiger charge is 2.18. The Morgan fingerprint density at radius 2 is 1.97 bits per heavy atom. The van der Waals surface area contributed by atoms with E-state index in [1.165, 1.54) is 18.2 Å². The fourth-order valence-corrected chi connectivity index (χ4v) is 4.74. The third kappa shape index (κ3) is 4.25. The topological polar surface area (TPSA) is 140 Å². The number of hydrogen-bond acceptors (Lipinski definition) is 9. The first-order chi connectivity index (χ1) is 14.8. The molecule has 10 nitrogen and oxygen atoms in total. The second-order valence-electron chi connectivity index (χ2n) is 6.24. The van der Waals surface area contributed by atoms with Gasteiger partial charge in [-0.1, -0.05) is 23.4 Å². The monoisotopic (exact) mass is 458 g/mol. The predicted molar refractivity (Wildman–Crippen MR) is 112 cm³/mol. The molecule has 0 unspecified atom stereocenters. The minimum Gasteiger partial charge on any atom is -0.507 e. The van der Waals surface area contributed by atoms with Gasteiger partial charge in [-0.3, -0.25) is 9.52 Å². The molecule has 0 saturated carbocycles. The molecular weight excluding hydrogens is 444 g/mol. The first-order valence-corrected chi connectivity index (χ1v) is 11.1. The van der Waals surface area contributed by atoms with E-state index in [-0.39, 0.29) is 15.5 Å². The molecule has 0 fully saturated rings. The molecule has 0 aliphatic heterocycles. The molecule has 0 spiro atoms. The number of sulfonamides is 1. The van der Waals surface area contributed by atoms with Gasteiger partial charge in [-0.2, -0.15) is 4.68 Å². The first-order valence-electron chi connectivity index (χ1n) is 8.74. The number of phenols is 1. The van der Waals surface area contributed by atoms with E-state index in [9.17, 15) is 23.1 Å². The Bertz CT molecular complexity index is 1430. The highest BCUT2D eigenvalue weighted by atomic mass is 32.2. The van der Waals surface area contributed by atoms with E-state index in [1.807, 2.05) is 0 Å². The summed E-state index contributed by atoms with van der Waals surface area (Å²) in [5.74, 6) is -1.42. The number of aromatic hydroxyl groups is 1. The maximum atomic E-state index is 12.4. The van der Waals surface area contributed by atoms with Crippen LogP contribution in [-0.2, 0) is 21.5 Å². The highest BCUT2D eigenvalue weighted by Crippen LogP contribution is 2.26. The fraction of sp³-hybridized carbons (Fsp3) is 0.0526. The number of rotatable bonds is 6. The van der Waals surface area contributed by atoms with Gasteiger partial charge in [0.25, 0.3) is 15.6 Å². The SMILES string of the molecule is O=C(OCn1nnc2ccccc2c1=O)c1ccc(NS(=O)(=O)c2cccs2)cc1O. The zero-order valence-corrected chi connectivity index (χ0v) is 17.3. The van der Waals surface area contributed by atoms with Crippen molar-refractivity contribution >= 4 is 43.9 Å². The number of carbonyl (C=O) groups excluding carboxylic acids is 1. The van der Waals surface area contributed by atoms with Gasteiger partial charge in [0.15, 0.2) is 6.73 Å². The molecule has 2 aromatic heterocycles. The minimum atomic E-state index is -3.80. The summed E-state index contributed by atoms with van der Waals surface area (Å²) in [7, 11) is -3.80. The highest BCUT2D eigenvalue weighted by molar-refractivity contribution is 7.94. The Kier molecular flexibility index (Phi) is 5.40. The van der Waals surface area contributed by atoms with E-state index >= 15 is 0 Å². The van der Waals surface area contributed by atoms with Gasteiger partial charge >= 0.3 is 5.97 Å². The Hall–Kier alpha value is -3.77. The maximum Gasteiger partial charge on any atom is 0.343 e. The lowest BCUT2D eigenvalue weighted by Gasteiger charge is -2.10. The molecule has 158 valence electrons. The second kappa shape index (κ2) is 8.16. The van der Waals surface area contributed by atoms with Crippen LogP contribution in [0.1, 0.15) is 10.4 Å². The molecule has 0 saturated heterocycles. The fourth-order valence-electron chi connectivity index (χ4n) is 2.70. The van der Waals surface area contributed by atoms with E-state index < -0.39 is 34.0 Å². The lowest BCUT2D eigenvalue weighted by molar-refractivity contribution is 0.0333. The first kappa shape index (κ1) is 20.5. The summed E-state index contributed by atoms with van der Waals surface area (Å²) in [6.07, 6.45) is 0. The summed E-state index contributed by atoms with van der Waals surface area (Å²) in [4.78, 5) is 24.7. The van der Waals surface area contributed by atoms with Crippen molar-refractivity contribution in [1.82, 2.24) is 15.0 Å². The van der Waals surface area contributed by atoms with E-state index in [2.05, 4.69) is 15.0 Å². The molecule has 2 N–H and O–H groups in total. The molecule has 0 bridgehead atoms. The molecule has 2 aromatic carbocycles. The summed E-state index contributed by atoms with van der Waals surface area (Å²) in [5, 5.41) is 19.7. The largest absolute Gasteiger partial charge is 0.507 e. The molecule has 0 radical (unpaired) electrons. The molecule has 0 aliphatic carbocycles. The van der Waals surface area contributed by atoms with E-state index in [4.69, 9.17) is 4.74 Å². The maximum absolute atomic E-state index is 12.4. The number of esters is 1. The van der Waals surface area contributed by atoms with Crippen LogP contribution >= 0.6 is 11.3 Å². The molecule has 12 heteroatoms. The predicted octanol–water partition coefficient (Wildman–Crippen LogP) is 2.17. The summed E-state index contributed by atoms with van der Waals surface area (Å²) < 4.78 is 32.9. The van der Waals surface area contributed by atoms with Gasteiger partial charge in [0.1, 0.15) is 21.0 Å². The molecule has 0 amide bonds. The smallest absolute Gasteiger partial charge is 0.343 e. The zero-order valence-electron chi connectivity index (χ0n) is 15.6. The van der Waals surface area contributed by atoms with Crippen LogP contribution in [-0.4, -0.2) is 34.5 Å². The molecule has 0 aliphatic rings. The number of nitrogens with one attached hydrogen (secondary N) is 1. The number of ether oxygens (including phenoxy) is 1. The van der Waals surface area contributed by atoms with Crippen LogP contribution in [0.2, 0.25) is 0 Å². The van der Waals surface area contributed by atoms with Crippen molar-refractivity contribution in [3.8, 4) is 5.75 Å². The van der Waals surface area contributed by atoms with Crippen molar-refractivity contribution in [3.05, 3.63) is 75.9 Å². The average Bonchev–Trinajstić information content (AvgIpc) is 3.29. The number of thiophene rings is 1. The molecule has 4 aromatic rings. The number of fused-ring (bicyclic) bond motifs is 1. The van der Waals surface area contributed by atoms with Crippen molar-refractivity contribution in [2.45, 2.75) is 10.9 Å². The van der Waals surface area contributed by atoms with Crippen LogP contribution in [0, 0.1) is 0 Å². The van der Waals surface area contributed by atoms with Crippen LogP contribution in [0.4, 0.5) is 5.69 Å². The van der Waals surface area contributed by atoms with E-state index in [0.29, 0.717) is 10.9 Å². The van der Waals surface area contributed by atoms with E-state index in [1.54, 1.807) is 35.7 Å². The van der Waals surface area contributed by atoms with Gasteiger partial charge in [-0.25, -0.2) is 13.2 Å². The average molecular weight is 458 g/mol. The van der Waals surface area contributed by atoms with Crippen molar-refractivity contribution in [2.75, 3.05) is 4.72 Å². The number of carbonyl (C=O) groups is 1. The van der Waals surface area contributed by atoms with Gasteiger partial charge in [-0.05, 0) is 35.7 Å². The second-order valence-corrected chi connectivity index (χ2v) is 9.10. The third-order valence-corrected chi connectivity index (χ3v) is 6.96. The van der Waals surface area contributed by atoms with Gasteiger partial charge in [0.2, 0.25) is 0 Å².